The molecule has 1 N–H and O–H groups in total. The number of likely N-dealkylation sites (N-methyl/N-ethyl adjacent to an activating group) is 1. The first kappa shape index (κ1) is 14.5. The highest BCUT2D eigenvalue weighted by molar-refractivity contribution is 5.55. The highest BCUT2D eigenvalue weighted by Crippen LogP contribution is 2.14. The maximum atomic E-state index is 9.10. The molecule has 1 rings (SSSR count). The van der Waals surface area contributed by atoms with Crippen molar-refractivity contribution in [2.24, 2.45) is 0 Å². The van der Waals surface area contributed by atoms with Gasteiger partial charge in [-0.3, -0.25) is 0 Å². The highest BCUT2D eigenvalue weighted by atomic mass is 15.1. The Hall–Kier alpha value is -1.60. The Morgan fingerprint density at radius 2 is 2.17 bits per heavy atom. The van der Waals surface area contributed by atoms with Crippen LogP contribution in [0.4, 0.5) is 5.82 Å². The quantitative estimate of drug-likeness (QED) is 0.802. The van der Waals surface area contributed by atoms with Gasteiger partial charge in [0.15, 0.2) is 0 Å². The molecule has 1 aromatic heterocycles. The summed E-state index contributed by atoms with van der Waals surface area (Å²) < 4.78 is 0. The number of nitriles is 1. The van der Waals surface area contributed by atoms with Gasteiger partial charge in [-0.1, -0.05) is 13.8 Å². The molecule has 0 aliphatic heterocycles. The van der Waals surface area contributed by atoms with Crippen molar-refractivity contribution in [3.63, 3.8) is 0 Å². The predicted octanol–water partition coefficient (Wildman–Crippen LogP) is 2.41. The van der Waals surface area contributed by atoms with Gasteiger partial charge >= 0.3 is 0 Å². The van der Waals surface area contributed by atoms with Gasteiger partial charge in [0, 0.05) is 19.3 Å². The second-order valence-electron chi connectivity index (χ2n) is 4.32. The number of hydrogen-bond acceptors (Lipinski definition) is 4. The van der Waals surface area contributed by atoms with Crippen LogP contribution in [0.25, 0.3) is 0 Å². The molecule has 0 fully saturated rings. The molecular formula is C14H22N4. The standard InChI is InChI=1S/C14H22N4/c1-4-9-18(5-2)10-8-17-14-13(11-15)12(3)6-7-16-14/h6-7H,4-5,8-10H2,1-3H3,(H,16,17). The third kappa shape index (κ3) is 4.01. The number of nitrogens with zero attached hydrogens (tertiary/aromatic N) is 3. The van der Waals surface area contributed by atoms with Crippen LogP contribution in [0.15, 0.2) is 12.3 Å². The van der Waals surface area contributed by atoms with E-state index < -0.39 is 0 Å². The van der Waals surface area contributed by atoms with Crippen molar-refractivity contribution in [3.8, 4) is 6.07 Å². The van der Waals surface area contributed by atoms with Gasteiger partial charge in [-0.05, 0) is 38.1 Å². The number of aromatic nitrogens is 1. The minimum absolute atomic E-state index is 0.649. The lowest BCUT2D eigenvalue weighted by Crippen LogP contribution is -2.29. The summed E-state index contributed by atoms with van der Waals surface area (Å²) in [6, 6.07) is 4.06. The lowest BCUT2D eigenvalue weighted by molar-refractivity contribution is 0.300. The zero-order valence-corrected chi connectivity index (χ0v) is 11.5. The molecule has 0 saturated carbocycles. The van der Waals surface area contributed by atoms with Crippen molar-refractivity contribution in [3.05, 3.63) is 23.4 Å². The normalized spacial score (nSPS) is 10.4. The number of anilines is 1. The molecule has 0 radical (unpaired) electrons. The summed E-state index contributed by atoms with van der Waals surface area (Å²) in [6.07, 6.45) is 2.90. The van der Waals surface area contributed by atoms with Gasteiger partial charge in [-0.25, -0.2) is 4.98 Å². The minimum Gasteiger partial charge on any atom is -0.368 e. The second-order valence-corrected chi connectivity index (χ2v) is 4.32. The van der Waals surface area contributed by atoms with Crippen LogP contribution >= 0.6 is 0 Å². The fraction of sp³-hybridized carbons (Fsp3) is 0.571. The van der Waals surface area contributed by atoms with Crippen LogP contribution in [0, 0.1) is 18.3 Å². The average molecular weight is 246 g/mol. The van der Waals surface area contributed by atoms with Crippen LogP contribution in [0.5, 0.6) is 0 Å². The zero-order valence-electron chi connectivity index (χ0n) is 11.5. The molecule has 0 aromatic carbocycles. The van der Waals surface area contributed by atoms with E-state index in [1.54, 1.807) is 6.20 Å². The highest BCUT2D eigenvalue weighted by Gasteiger charge is 2.06. The topological polar surface area (TPSA) is 52.0 Å². The van der Waals surface area contributed by atoms with Crippen LogP contribution in [-0.2, 0) is 0 Å². The summed E-state index contributed by atoms with van der Waals surface area (Å²) in [5, 5.41) is 12.4. The van der Waals surface area contributed by atoms with E-state index in [4.69, 9.17) is 5.26 Å². The van der Waals surface area contributed by atoms with Crippen LogP contribution in [0.2, 0.25) is 0 Å². The fourth-order valence-corrected chi connectivity index (χ4v) is 1.91. The number of aryl methyl sites for hydroxylation is 1. The Morgan fingerprint density at radius 3 is 2.78 bits per heavy atom. The third-order valence-corrected chi connectivity index (χ3v) is 2.98. The largest absolute Gasteiger partial charge is 0.368 e. The summed E-state index contributed by atoms with van der Waals surface area (Å²) in [5.74, 6) is 0.699. The molecule has 0 atom stereocenters. The Kier molecular flexibility index (Phi) is 6.16. The lowest BCUT2D eigenvalue weighted by atomic mass is 10.1. The molecule has 0 spiro atoms. The Labute approximate surface area is 110 Å². The Morgan fingerprint density at radius 1 is 1.39 bits per heavy atom. The first-order valence-corrected chi connectivity index (χ1v) is 6.54. The number of rotatable bonds is 7. The van der Waals surface area contributed by atoms with Gasteiger partial charge in [0.05, 0.1) is 5.56 Å². The Bertz CT molecular complexity index is 409. The summed E-state index contributed by atoms with van der Waals surface area (Å²) >= 11 is 0. The van der Waals surface area contributed by atoms with E-state index in [1.165, 1.54) is 6.42 Å². The number of hydrogen-bond donors (Lipinski definition) is 1. The minimum atomic E-state index is 0.649. The van der Waals surface area contributed by atoms with Crippen LogP contribution < -0.4 is 5.32 Å². The van der Waals surface area contributed by atoms with E-state index in [1.807, 2.05) is 13.0 Å². The molecule has 1 aromatic rings. The fourth-order valence-electron chi connectivity index (χ4n) is 1.91. The lowest BCUT2D eigenvalue weighted by Gasteiger charge is -2.19. The maximum Gasteiger partial charge on any atom is 0.144 e. The summed E-state index contributed by atoms with van der Waals surface area (Å²) in [6.45, 7) is 10.3. The summed E-state index contributed by atoms with van der Waals surface area (Å²) in [5.41, 5.74) is 1.62. The van der Waals surface area contributed by atoms with E-state index in [2.05, 4.69) is 35.1 Å². The molecule has 4 nitrogen and oxygen atoms in total. The van der Waals surface area contributed by atoms with E-state index in [-0.39, 0.29) is 0 Å². The molecule has 4 heteroatoms. The molecule has 0 aliphatic rings. The molecule has 0 saturated heterocycles. The smallest absolute Gasteiger partial charge is 0.144 e. The molecule has 98 valence electrons. The van der Waals surface area contributed by atoms with Crippen molar-refractivity contribution in [2.75, 3.05) is 31.5 Å². The van der Waals surface area contributed by atoms with Gasteiger partial charge in [-0.2, -0.15) is 5.26 Å². The predicted molar refractivity (Wildman–Crippen MR) is 74.6 cm³/mol. The van der Waals surface area contributed by atoms with Crippen molar-refractivity contribution in [2.45, 2.75) is 27.2 Å². The van der Waals surface area contributed by atoms with Gasteiger partial charge < -0.3 is 10.2 Å². The molecule has 0 bridgehead atoms. The van der Waals surface area contributed by atoms with Gasteiger partial charge in [0.2, 0.25) is 0 Å². The van der Waals surface area contributed by atoms with E-state index >= 15 is 0 Å². The van der Waals surface area contributed by atoms with Crippen LogP contribution in [0.1, 0.15) is 31.4 Å². The molecule has 0 aliphatic carbocycles. The average Bonchev–Trinajstić information content (AvgIpc) is 2.38. The van der Waals surface area contributed by atoms with Crippen molar-refractivity contribution < 1.29 is 0 Å². The first-order valence-electron chi connectivity index (χ1n) is 6.54. The van der Waals surface area contributed by atoms with Crippen molar-refractivity contribution >= 4 is 5.82 Å². The van der Waals surface area contributed by atoms with E-state index in [9.17, 15) is 0 Å². The summed E-state index contributed by atoms with van der Waals surface area (Å²) in [4.78, 5) is 6.61. The van der Waals surface area contributed by atoms with E-state index in [0.29, 0.717) is 11.4 Å². The van der Waals surface area contributed by atoms with Gasteiger partial charge in [0.25, 0.3) is 0 Å². The Balaban J connectivity index is 2.54. The first-order chi connectivity index (χ1) is 8.72. The third-order valence-electron chi connectivity index (χ3n) is 2.98. The van der Waals surface area contributed by atoms with Crippen LogP contribution in [0.3, 0.4) is 0 Å². The molecule has 0 unspecified atom stereocenters. The zero-order chi connectivity index (χ0) is 13.4. The SMILES string of the molecule is CCCN(CC)CCNc1nccc(C)c1C#N. The van der Waals surface area contributed by atoms with Gasteiger partial charge in [-0.15, -0.1) is 0 Å². The molecule has 1 heterocycles. The molecule has 0 amide bonds. The monoisotopic (exact) mass is 246 g/mol. The van der Waals surface area contributed by atoms with E-state index in [0.717, 1.165) is 31.7 Å². The maximum absolute atomic E-state index is 9.10. The molecule has 18 heavy (non-hydrogen) atoms. The molecular weight excluding hydrogens is 224 g/mol. The van der Waals surface area contributed by atoms with Crippen molar-refractivity contribution in [1.29, 1.82) is 5.26 Å². The van der Waals surface area contributed by atoms with Gasteiger partial charge in [0.1, 0.15) is 11.9 Å². The number of pyridine rings is 1. The van der Waals surface area contributed by atoms with Crippen LogP contribution in [-0.4, -0.2) is 36.1 Å². The second kappa shape index (κ2) is 7.67. The number of nitrogens with one attached hydrogen (secondary N) is 1. The van der Waals surface area contributed by atoms with Crippen molar-refractivity contribution in [1.82, 2.24) is 9.88 Å². The summed E-state index contributed by atoms with van der Waals surface area (Å²) in [7, 11) is 0.